The first-order valence-corrected chi connectivity index (χ1v) is 16.0. The number of carbonyl (C=O) groups is 2. The minimum Gasteiger partial charge on any atom is -0.394 e. The van der Waals surface area contributed by atoms with Crippen LogP contribution >= 0.6 is 0 Å². The lowest BCUT2D eigenvalue weighted by atomic mass is 9.47. The molecule has 230 valence electrons. The number of urea groups is 1. The lowest BCUT2D eigenvalue weighted by molar-refractivity contribution is -0.145. The molecular weight excluding hydrogens is 542 g/mol. The molecule has 2 aliphatic heterocycles. The molecule has 10 heteroatoms. The number of nitrogens with zero attached hydrogens (tertiary/aromatic N) is 5. The third kappa shape index (κ3) is 4.92. The molecule has 2 unspecified atom stereocenters. The van der Waals surface area contributed by atoms with Crippen molar-refractivity contribution in [1.29, 1.82) is 0 Å². The minimum absolute atomic E-state index is 0.0514. The molecule has 43 heavy (non-hydrogen) atoms. The van der Waals surface area contributed by atoms with Gasteiger partial charge in [-0.25, -0.2) is 9.78 Å². The summed E-state index contributed by atoms with van der Waals surface area (Å²) in [5.74, 6) is 1.93. The normalized spacial score (nSPS) is 30.3. The van der Waals surface area contributed by atoms with E-state index >= 15 is 0 Å². The van der Waals surface area contributed by atoms with Crippen LogP contribution in [0, 0.1) is 23.2 Å². The Kier molecular flexibility index (Phi) is 7.04. The molecule has 6 aliphatic rings. The van der Waals surface area contributed by atoms with Crippen LogP contribution in [0.1, 0.15) is 46.0 Å². The van der Waals surface area contributed by atoms with E-state index in [0.29, 0.717) is 30.8 Å². The van der Waals surface area contributed by atoms with Gasteiger partial charge in [0.2, 0.25) is 5.91 Å². The number of aliphatic hydroxyl groups excluding tert-OH is 1. The van der Waals surface area contributed by atoms with Crippen LogP contribution in [0.3, 0.4) is 0 Å². The predicted molar refractivity (Wildman–Crippen MR) is 167 cm³/mol. The number of hydrogen-bond donors (Lipinski definition) is 3. The van der Waals surface area contributed by atoms with Gasteiger partial charge < -0.3 is 26.0 Å². The Hall–Kier alpha value is -3.37. The van der Waals surface area contributed by atoms with E-state index in [1.807, 2.05) is 29.3 Å². The lowest BCUT2D eigenvalue weighted by Crippen LogP contribution is -2.63. The molecule has 0 spiro atoms. The molecule has 1 aromatic carbocycles. The van der Waals surface area contributed by atoms with Gasteiger partial charge in [-0.3, -0.25) is 14.6 Å². The van der Waals surface area contributed by atoms with E-state index in [9.17, 15) is 14.7 Å². The average Bonchev–Trinajstić information content (AvgIpc) is 3.02. The largest absolute Gasteiger partial charge is 0.394 e. The molecule has 2 aromatic rings. The molecule has 1 aromatic heterocycles. The number of benzene rings is 1. The van der Waals surface area contributed by atoms with Gasteiger partial charge in [-0.15, -0.1) is 0 Å². The Balaban J connectivity index is 1.03. The van der Waals surface area contributed by atoms with Crippen molar-refractivity contribution in [3.05, 3.63) is 42.6 Å². The van der Waals surface area contributed by atoms with Crippen LogP contribution in [0.5, 0.6) is 0 Å². The number of nitrogens with one attached hydrogen (secondary N) is 1. The maximum atomic E-state index is 13.8. The number of piperazine rings is 1. The van der Waals surface area contributed by atoms with Gasteiger partial charge in [-0.2, -0.15) is 0 Å². The van der Waals surface area contributed by atoms with Crippen LogP contribution < -0.4 is 25.8 Å². The summed E-state index contributed by atoms with van der Waals surface area (Å²) >= 11 is 0. The molecule has 4 bridgehead atoms. The SMILES string of the molecule is CC(C)(CO)N1CCN(c2ccc(N3CCN(C(=O)NC4C5CC6CC4CC(C(N)=O)(C6)C5)c4ccccc43)nc2)CC1. The molecule has 8 rings (SSSR count). The molecule has 4 N–H and O–H groups in total. The number of pyridine rings is 1. The number of aliphatic hydroxyl groups is 1. The second-order valence-corrected chi connectivity index (χ2v) is 14.2. The zero-order valence-electron chi connectivity index (χ0n) is 25.4. The number of para-hydroxylation sites is 2. The summed E-state index contributed by atoms with van der Waals surface area (Å²) < 4.78 is 0. The second-order valence-electron chi connectivity index (χ2n) is 14.2. The molecule has 10 nitrogen and oxygen atoms in total. The number of amides is 3. The lowest BCUT2D eigenvalue weighted by Gasteiger charge is -2.59. The third-order valence-electron chi connectivity index (χ3n) is 11.2. The van der Waals surface area contributed by atoms with E-state index in [1.165, 1.54) is 0 Å². The van der Waals surface area contributed by atoms with Crippen molar-refractivity contribution in [2.24, 2.45) is 28.9 Å². The van der Waals surface area contributed by atoms with Crippen LogP contribution in [0.2, 0.25) is 0 Å². The molecule has 0 radical (unpaired) electrons. The van der Waals surface area contributed by atoms with Gasteiger partial charge in [0.15, 0.2) is 0 Å². The number of fused-ring (bicyclic) bond motifs is 1. The summed E-state index contributed by atoms with van der Waals surface area (Å²) in [7, 11) is 0. The van der Waals surface area contributed by atoms with Gasteiger partial charge in [-0.05, 0) is 88.0 Å². The summed E-state index contributed by atoms with van der Waals surface area (Å²) in [6, 6.07) is 12.3. The summed E-state index contributed by atoms with van der Waals surface area (Å²) in [4.78, 5) is 39.8. The maximum Gasteiger partial charge on any atom is 0.322 e. The van der Waals surface area contributed by atoms with Gasteiger partial charge in [0.05, 0.1) is 29.9 Å². The highest BCUT2D eigenvalue weighted by Gasteiger charge is 2.58. The number of aromatic nitrogens is 1. The van der Waals surface area contributed by atoms with Crippen LogP contribution in [0.4, 0.5) is 27.7 Å². The highest BCUT2D eigenvalue weighted by molar-refractivity contribution is 5.98. The molecule has 1 saturated heterocycles. The van der Waals surface area contributed by atoms with Crippen molar-refractivity contribution >= 4 is 34.8 Å². The Morgan fingerprint density at radius 3 is 2.30 bits per heavy atom. The number of primary amides is 1. The fourth-order valence-corrected chi connectivity index (χ4v) is 8.99. The molecule has 5 fully saturated rings. The fourth-order valence-electron chi connectivity index (χ4n) is 8.99. The molecule has 2 atom stereocenters. The Morgan fingerprint density at radius 2 is 1.67 bits per heavy atom. The molecule has 3 heterocycles. The topological polar surface area (TPSA) is 118 Å². The Bertz CT molecular complexity index is 1360. The zero-order chi connectivity index (χ0) is 29.9. The van der Waals surface area contributed by atoms with Crippen molar-refractivity contribution in [3.63, 3.8) is 0 Å². The first kappa shape index (κ1) is 28.4. The van der Waals surface area contributed by atoms with Gasteiger partial charge in [-0.1, -0.05) is 12.1 Å². The summed E-state index contributed by atoms with van der Waals surface area (Å²) in [5.41, 5.74) is 8.28. The molecule has 4 saturated carbocycles. The van der Waals surface area contributed by atoms with E-state index in [1.54, 1.807) is 0 Å². The highest BCUT2D eigenvalue weighted by Crippen LogP contribution is 2.60. The summed E-state index contributed by atoms with van der Waals surface area (Å²) in [5, 5.41) is 13.2. The Morgan fingerprint density at radius 1 is 0.977 bits per heavy atom. The van der Waals surface area contributed by atoms with Gasteiger partial charge in [0, 0.05) is 56.3 Å². The van der Waals surface area contributed by atoms with E-state index < -0.39 is 0 Å². The van der Waals surface area contributed by atoms with E-state index in [4.69, 9.17) is 10.7 Å². The minimum atomic E-state index is -0.357. The third-order valence-corrected chi connectivity index (χ3v) is 11.2. The smallest absolute Gasteiger partial charge is 0.322 e. The standard InChI is InChI=1S/C33H45N7O3/c1-32(2,21-41)38-11-9-37(10-12-38)25-7-8-28(35-20-25)39-13-14-40(27-6-4-3-5-26(27)39)31(43)36-29-23-15-22-16-24(29)19-33(17-22,18-23)30(34)42/h3-8,20,22-24,29,41H,9-19,21H2,1-2H3,(H2,34,42)(H,36,43). The monoisotopic (exact) mass is 587 g/mol. The first-order chi connectivity index (χ1) is 20.7. The molecule has 3 amide bonds. The molecule has 4 aliphatic carbocycles. The number of carbonyl (C=O) groups excluding carboxylic acids is 2. The van der Waals surface area contributed by atoms with E-state index in [0.717, 1.165) is 81.2 Å². The van der Waals surface area contributed by atoms with E-state index in [2.05, 4.69) is 52.1 Å². The molecular formula is C33H45N7O3. The first-order valence-electron chi connectivity index (χ1n) is 16.0. The predicted octanol–water partition coefficient (Wildman–Crippen LogP) is 3.32. The second kappa shape index (κ2) is 10.7. The van der Waals surface area contributed by atoms with Gasteiger partial charge in [0.25, 0.3) is 0 Å². The van der Waals surface area contributed by atoms with Crippen LogP contribution in [0.15, 0.2) is 42.6 Å². The van der Waals surface area contributed by atoms with Crippen LogP contribution in [0.25, 0.3) is 0 Å². The van der Waals surface area contributed by atoms with Crippen molar-refractivity contribution < 1.29 is 14.7 Å². The van der Waals surface area contributed by atoms with Crippen LogP contribution in [-0.2, 0) is 4.79 Å². The van der Waals surface area contributed by atoms with Gasteiger partial charge >= 0.3 is 6.03 Å². The van der Waals surface area contributed by atoms with Crippen molar-refractivity contribution in [3.8, 4) is 0 Å². The number of rotatable bonds is 6. The van der Waals surface area contributed by atoms with Crippen molar-refractivity contribution in [2.45, 2.75) is 57.5 Å². The fraction of sp³-hybridized carbons (Fsp3) is 0.606. The van der Waals surface area contributed by atoms with Crippen molar-refractivity contribution in [1.82, 2.24) is 15.2 Å². The quantitative estimate of drug-likeness (QED) is 0.475. The summed E-state index contributed by atoms with van der Waals surface area (Å²) in [6.07, 6.45) is 6.66. The van der Waals surface area contributed by atoms with Gasteiger partial charge in [0.1, 0.15) is 5.82 Å². The number of hydrogen-bond acceptors (Lipinski definition) is 7. The zero-order valence-corrected chi connectivity index (χ0v) is 25.4. The summed E-state index contributed by atoms with van der Waals surface area (Å²) in [6.45, 7) is 9.14. The van der Waals surface area contributed by atoms with Crippen molar-refractivity contribution in [2.75, 3.05) is 60.6 Å². The number of anilines is 4. The Labute approximate surface area is 254 Å². The average molecular weight is 588 g/mol. The van der Waals surface area contributed by atoms with E-state index in [-0.39, 0.29) is 35.5 Å². The highest BCUT2D eigenvalue weighted by atomic mass is 16.3. The van der Waals surface area contributed by atoms with Crippen LogP contribution in [-0.4, -0.2) is 84.4 Å². The number of nitrogens with two attached hydrogens (primary N) is 1. The maximum absolute atomic E-state index is 13.8.